The van der Waals surface area contributed by atoms with Gasteiger partial charge < -0.3 is 35.4 Å². The molecular weight excluding hydrogens is 1840 g/mol. The Hall–Kier alpha value is -7.78. The Bertz CT molecular complexity index is 5330. The van der Waals surface area contributed by atoms with E-state index in [-0.39, 0.29) is 0 Å². The minimum atomic E-state index is -2.30. The molecule has 0 N–H and O–H groups in total. The van der Waals surface area contributed by atoms with Crippen molar-refractivity contribution in [3.05, 3.63) is 347 Å². The molecule has 28 aliphatic carbocycles. The van der Waals surface area contributed by atoms with Crippen molar-refractivity contribution in [3.63, 3.8) is 0 Å². The molecule has 8 aromatic rings. The van der Waals surface area contributed by atoms with Crippen LogP contribution in [0.2, 0.25) is 145 Å². The first-order chi connectivity index (χ1) is 67.5. The first kappa shape index (κ1) is 109. The molecular formula is C124H168O8Si8. The van der Waals surface area contributed by atoms with Crippen LogP contribution < -0.4 is 0 Å². The van der Waals surface area contributed by atoms with Crippen LogP contribution in [0.1, 0.15) is 222 Å². The highest BCUT2D eigenvalue weighted by Crippen LogP contribution is 2.54. The molecule has 0 heterocycles. The highest BCUT2D eigenvalue weighted by Gasteiger charge is 2.53. The Balaban J connectivity index is 0.954. The van der Waals surface area contributed by atoms with Crippen molar-refractivity contribution in [3.8, 4) is 57.1 Å². The van der Waals surface area contributed by atoms with Crippen LogP contribution in [0, 0.1) is 23.7 Å². The van der Waals surface area contributed by atoms with Gasteiger partial charge in [0, 0.05) is 11.1 Å². The summed E-state index contributed by atoms with van der Waals surface area (Å²) in [7, 11) is -18.3. The number of hydrogen-bond donors (Lipinski definition) is 0. The highest BCUT2D eigenvalue weighted by atomic mass is 28.4. The number of benzene rings is 8. The summed E-state index contributed by atoms with van der Waals surface area (Å²) in [5.41, 5.74) is 10.8. The van der Waals surface area contributed by atoms with Crippen LogP contribution in [-0.2, 0) is 80.2 Å². The maximum atomic E-state index is 7.95. The van der Waals surface area contributed by atoms with Crippen molar-refractivity contribution in [2.75, 3.05) is 0 Å². The molecule has 0 saturated heterocycles. The Labute approximate surface area is 855 Å². The third-order valence-electron chi connectivity index (χ3n) is 35.3. The van der Waals surface area contributed by atoms with Crippen LogP contribution in [0.5, 0.6) is 0 Å². The zero-order valence-corrected chi connectivity index (χ0v) is 97.9. The van der Waals surface area contributed by atoms with E-state index in [0.717, 1.165) is 234 Å². The Kier molecular flexibility index (Phi) is 35.9. The van der Waals surface area contributed by atoms with Crippen LogP contribution in [0.3, 0.4) is 0 Å². The van der Waals surface area contributed by atoms with E-state index in [9.17, 15) is 0 Å². The third kappa shape index (κ3) is 21.9. The lowest BCUT2D eigenvalue weighted by Gasteiger charge is -2.46. The first-order valence-electron chi connectivity index (χ1n) is 54.6. The zero-order valence-electron chi connectivity index (χ0n) is 89.9. The fourth-order valence-corrected chi connectivity index (χ4v) is 46.2. The van der Waals surface area contributed by atoms with Gasteiger partial charge in [-0.2, -0.15) is 0 Å². The lowest BCUT2D eigenvalue weighted by Crippen LogP contribution is -2.48. The maximum absolute atomic E-state index is 7.95. The average Bonchev–Trinajstić information content (AvgIpc) is 0.748. The van der Waals surface area contributed by atoms with Gasteiger partial charge in [-0.1, -0.05) is 348 Å². The summed E-state index contributed by atoms with van der Waals surface area (Å²) in [5.74, 6) is 13.4. The molecule has 8 aromatic carbocycles. The number of hydrogen-bond acceptors (Lipinski definition) is 8. The highest BCUT2D eigenvalue weighted by molar-refractivity contribution is 6.77. The Morgan fingerprint density at radius 1 is 0.143 bits per heavy atom. The van der Waals surface area contributed by atoms with Crippen molar-refractivity contribution >= 4 is 66.5 Å². The fourth-order valence-electron chi connectivity index (χ4n) is 23.0. The molecule has 0 radical (unpaired) electrons. The van der Waals surface area contributed by atoms with Gasteiger partial charge in [-0.15, -0.1) is 0 Å². The van der Waals surface area contributed by atoms with Gasteiger partial charge in [0.1, 0.15) is 44.8 Å². The molecule has 0 atom stereocenters. The minimum absolute atomic E-state index is 0.830. The van der Waals surface area contributed by atoms with E-state index in [1.165, 1.54) is 0 Å². The maximum Gasteiger partial charge on any atom is 0.194 e. The molecule has 16 heteroatoms. The van der Waals surface area contributed by atoms with E-state index in [4.69, 9.17) is 35.4 Å². The van der Waals surface area contributed by atoms with Crippen molar-refractivity contribution in [1.82, 2.24) is 0 Å². The fraction of sp³-hybridized carbons (Fsp3) is 0.452. The summed E-state index contributed by atoms with van der Waals surface area (Å²) in [6.45, 7) is 56.1. The molecule has 0 saturated carbocycles. The standard InChI is InChI=1S/C124H168O8Si8/c1-25-133(26-2,27-3)125-117-85-89-119(90-86-117,127-135(31-7,32-8)33-9)111-73-57-103(58-74-111)105-61-77-113(78-62-105)121(129-137(37-13,38-14)39-15)93-97-123(98-94-121,131-139(43-19,44-20)45-21)115-81-65-107(66-82-115)108-67-83-116(84-68-108)124(132-140(46-22,47-23)48-24)99-95-122(96-100-124,130-138(40-16,41-17)42-18)114-79-63-106(64-80-114)104-59-75-112(76-60-104)120(128-136(34-10,35-11)36-12)91-87-118(88-92-120,126-134(28-4,29-5)30-6)110-71-55-102(56-72-110)52-50-49-51-101-53-69-109(117)70-54-101/h53-100H,25-48H2,1-24H3. The Morgan fingerprint density at radius 2 is 0.236 bits per heavy atom. The van der Waals surface area contributed by atoms with Gasteiger partial charge in [0.15, 0.2) is 66.5 Å². The van der Waals surface area contributed by atoms with E-state index in [1.807, 2.05) is 0 Å². The Morgan fingerprint density at radius 3 is 0.329 bits per heavy atom. The molecule has 24 bridgehead atoms. The van der Waals surface area contributed by atoms with E-state index in [2.05, 4.69) is 481 Å². The largest absolute Gasteiger partial charge is 0.401 e. The van der Waals surface area contributed by atoms with E-state index in [0.29, 0.717) is 0 Å². The second kappa shape index (κ2) is 45.9. The van der Waals surface area contributed by atoms with Crippen LogP contribution in [0.25, 0.3) is 33.4 Å². The van der Waals surface area contributed by atoms with Gasteiger partial charge in [0.2, 0.25) is 0 Å². The topological polar surface area (TPSA) is 73.8 Å². The monoisotopic (exact) mass is 2010 g/mol. The summed E-state index contributed by atoms with van der Waals surface area (Å²) in [6, 6.07) is 97.2. The van der Waals surface area contributed by atoms with Crippen molar-refractivity contribution in [1.29, 1.82) is 0 Å². The molecule has 28 aliphatic rings. The predicted octanol–water partition coefficient (Wildman–Crippen LogP) is 35.4. The normalized spacial score (nSPS) is 22.9. The predicted molar refractivity (Wildman–Crippen MR) is 615 cm³/mol. The summed E-state index contributed by atoms with van der Waals surface area (Å²) in [6.07, 6.45) is 37.8. The molecule has 0 unspecified atom stereocenters. The van der Waals surface area contributed by atoms with E-state index in [1.54, 1.807) is 0 Å². The van der Waals surface area contributed by atoms with Crippen molar-refractivity contribution in [2.24, 2.45) is 0 Å². The van der Waals surface area contributed by atoms with Crippen LogP contribution in [-0.4, -0.2) is 66.5 Å². The van der Waals surface area contributed by atoms with Crippen molar-refractivity contribution < 1.29 is 35.4 Å². The van der Waals surface area contributed by atoms with Crippen molar-refractivity contribution in [2.45, 2.75) is 356 Å². The lowest BCUT2D eigenvalue weighted by molar-refractivity contribution is 0.121. The molecule has 744 valence electrons. The number of rotatable bonds is 40. The second-order valence-corrected chi connectivity index (χ2v) is 78.4. The van der Waals surface area contributed by atoms with Gasteiger partial charge in [-0.25, -0.2) is 0 Å². The van der Waals surface area contributed by atoms with E-state index < -0.39 is 111 Å². The van der Waals surface area contributed by atoms with Crippen LogP contribution >= 0.6 is 0 Å². The molecule has 0 amide bonds. The van der Waals surface area contributed by atoms with Gasteiger partial charge >= 0.3 is 0 Å². The molecule has 140 heavy (non-hydrogen) atoms. The first-order valence-corrected chi connectivity index (χ1v) is 74.8. The summed E-state index contributed by atoms with van der Waals surface area (Å²) in [4.78, 5) is 0. The van der Waals surface area contributed by atoms with E-state index >= 15 is 0 Å². The SMILES string of the molecule is CC[Si](CC)(CC)OC12C=CC(O[Si](CC)(CC)CC)(C=C1)c1ccc(cc1)-c1ccc(cc1)C1(O[Si](CC)(CC)CC)C=CC(O[Si](CC)(CC)CC)(C=C1)c1ccc(cc1)-c1ccc(cc1)C1(O[Si](CC)(CC)CC)C=CC(O[Si](CC)(CC)CC)(C=C1)c1ccc(cc1)-c1ccc(cc1)C1(O[Si](CC)(CC)CC)C=CC(O[Si](CC)(CC)CC)(C=C1)c1ccc(cc1)C#CC#Cc1ccc2cc1. The molecule has 36 rings (SSSR count). The van der Waals surface area contributed by atoms with Gasteiger partial charge in [0.25, 0.3) is 0 Å². The molecule has 0 aromatic heterocycles. The summed E-state index contributed by atoms with van der Waals surface area (Å²) in [5, 5.41) is 0. The van der Waals surface area contributed by atoms with Gasteiger partial charge in [-0.3, -0.25) is 0 Å². The zero-order chi connectivity index (χ0) is 101. The van der Waals surface area contributed by atoms with Crippen LogP contribution in [0.15, 0.2) is 291 Å². The quantitative estimate of drug-likeness (QED) is 0.0214. The minimum Gasteiger partial charge on any atom is -0.401 e. The molecule has 0 aliphatic heterocycles. The average molecular weight is 2010 g/mol. The molecule has 8 nitrogen and oxygen atoms in total. The van der Waals surface area contributed by atoms with Gasteiger partial charge in [-0.05, 0) is 356 Å². The smallest absolute Gasteiger partial charge is 0.194 e. The summed E-state index contributed by atoms with van der Waals surface area (Å²) < 4.78 is 63.2. The molecule has 0 fully saturated rings. The lowest BCUT2D eigenvalue weighted by atomic mass is 9.80. The van der Waals surface area contributed by atoms with Crippen LogP contribution in [0.4, 0.5) is 0 Å². The molecule has 0 spiro atoms. The van der Waals surface area contributed by atoms with Gasteiger partial charge in [0.05, 0.1) is 0 Å². The summed E-state index contributed by atoms with van der Waals surface area (Å²) >= 11 is 0. The third-order valence-corrected chi connectivity index (χ3v) is 72.4. The second-order valence-electron chi connectivity index (χ2n) is 40.9.